The van der Waals surface area contributed by atoms with E-state index in [9.17, 15) is 23.5 Å². The van der Waals surface area contributed by atoms with Crippen molar-refractivity contribution in [2.24, 2.45) is 0 Å². The first kappa shape index (κ1) is 19.9. The highest BCUT2D eigenvalue weighted by Gasteiger charge is 2.25. The second-order valence-corrected chi connectivity index (χ2v) is 7.55. The highest BCUT2D eigenvalue weighted by atomic mass is 19.3. The van der Waals surface area contributed by atoms with Gasteiger partial charge in [0.05, 0.1) is 34.5 Å². The molecule has 0 unspecified atom stereocenters. The Bertz CT molecular complexity index is 1320. The van der Waals surface area contributed by atoms with Crippen LogP contribution in [-0.2, 0) is 16.1 Å². The first-order valence-corrected chi connectivity index (χ1v) is 10.5. The minimum atomic E-state index is -2.82. The fraction of sp³-hybridized carbons (Fsp3) is 0.348. The lowest BCUT2D eigenvalue weighted by atomic mass is 10.1. The maximum atomic E-state index is 13.1. The number of aliphatic hydroxyl groups excluding tert-OH is 1. The van der Waals surface area contributed by atoms with Crippen molar-refractivity contribution in [3.8, 4) is 5.75 Å². The Balaban J connectivity index is 1.79. The fourth-order valence-electron chi connectivity index (χ4n) is 3.75. The van der Waals surface area contributed by atoms with Crippen molar-refractivity contribution in [2.75, 3.05) is 43.6 Å². The smallest absolute Gasteiger partial charge is 0.263 e. The quantitative estimate of drug-likeness (QED) is 0.517. The van der Waals surface area contributed by atoms with E-state index in [1.807, 2.05) is 0 Å². The van der Waals surface area contributed by atoms with Gasteiger partial charge < -0.3 is 24.0 Å². The number of morpholine rings is 1. The number of aromatic nitrogens is 2. The predicted octanol–water partition coefficient (Wildman–Crippen LogP) is 2.98. The summed E-state index contributed by atoms with van der Waals surface area (Å²) in [5.74, 6) is -1.14. The number of carbonyl (C=O) groups excluding carboxylic acids is 2. The molecule has 34 heavy (non-hydrogen) atoms. The number of ether oxygens (including phenoxy) is 2. The van der Waals surface area contributed by atoms with E-state index < -0.39 is 25.3 Å². The minimum Gasteiger partial charge on any atom is -0.494 e. The maximum absolute atomic E-state index is 13.1. The summed E-state index contributed by atoms with van der Waals surface area (Å²) in [6, 6.07) is 7.88. The Morgan fingerprint density at radius 2 is 2.24 bits per heavy atom. The molecule has 3 aromatic rings. The number of methoxy groups -OCH3 is 1. The number of benzene rings is 2. The molecule has 1 saturated heterocycles. The van der Waals surface area contributed by atoms with Crippen molar-refractivity contribution in [2.45, 2.75) is 19.4 Å². The van der Waals surface area contributed by atoms with E-state index >= 15 is 0 Å². The van der Waals surface area contributed by atoms with Crippen molar-refractivity contribution in [3.05, 3.63) is 47.5 Å². The Kier molecular flexibility index (Phi) is 5.92. The Labute approximate surface area is 198 Å². The number of anilines is 2. The second-order valence-electron chi connectivity index (χ2n) is 7.55. The van der Waals surface area contributed by atoms with Gasteiger partial charge in [0.25, 0.3) is 18.2 Å². The SMILES string of the molecule is [2H]C([2H])([2H])Oc1cc2c(cc1N1CCOCC1=O)nc(NC(=O)c1cccc(C(F)F)c1)n2CCCO. The van der Waals surface area contributed by atoms with Gasteiger partial charge in [-0.3, -0.25) is 14.9 Å². The van der Waals surface area contributed by atoms with Gasteiger partial charge in [-0.2, -0.15) is 0 Å². The summed E-state index contributed by atoms with van der Waals surface area (Å²) in [4.78, 5) is 31.1. The first-order valence-electron chi connectivity index (χ1n) is 12.0. The predicted molar refractivity (Wildman–Crippen MR) is 121 cm³/mol. The van der Waals surface area contributed by atoms with Crippen LogP contribution in [0.1, 0.15) is 32.9 Å². The van der Waals surface area contributed by atoms with E-state index in [1.54, 1.807) is 0 Å². The Morgan fingerprint density at radius 3 is 2.97 bits per heavy atom. The molecule has 180 valence electrons. The molecule has 0 saturated carbocycles. The van der Waals surface area contributed by atoms with Crippen LogP contribution in [0.4, 0.5) is 20.4 Å². The molecule has 2 aromatic carbocycles. The van der Waals surface area contributed by atoms with Crippen LogP contribution in [0, 0.1) is 0 Å². The lowest BCUT2D eigenvalue weighted by Crippen LogP contribution is -2.41. The standard InChI is InChI=1S/C23H24F2N4O5/c1-33-19-12-17-16(11-18(19)28-7-9-34-13-20(28)31)26-23(29(17)6-3-8-30)27-22(32)15-5-2-4-14(10-15)21(24)25/h2,4-5,10-12,21,30H,3,6-9,13H2,1H3,(H,26,27,32)/i1D3. The maximum Gasteiger partial charge on any atom is 0.263 e. The molecular formula is C23H24F2N4O5. The normalized spacial score (nSPS) is 15.8. The Hall–Kier alpha value is -3.57. The highest BCUT2D eigenvalue weighted by molar-refractivity contribution is 6.05. The summed E-state index contributed by atoms with van der Waals surface area (Å²) in [6.07, 6.45) is -2.48. The van der Waals surface area contributed by atoms with Gasteiger partial charge in [0.2, 0.25) is 5.95 Å². The monoisotopic (exact) mass is 477 g/mol. The molecule has 11 heteroatoms. The van der Waals surface area contributed by atoms with Crippen LogP contribution in [0.3, 0.4) is 0 Å². The van der Waals surface area contributed by atoms with Gasteiger partial charge in [-0.15, -0.1) is 0 Å². The number of amides is 2. The average molecular weight is 477 g/mol. The summed E-state index contributed by atoms with van der Waals surface area (Å²) in [7, 11) is -2.82. The van der Waals surface area contributed by atoms with Crippen molar-refractivity contribution in [3.63, 3.8) is 0 Å². The molecule has 2 N–H and O–H groups in total. The van der Waals surface area contributed by atoms with E-state index in [0.717, 1.165) is 6.07 Å². The van der Waals surface area contributed by atoms with Crippen LogP contribution >= 0.6 is 0 Å². The van der Waals surface area contributed by atoms with E-state index in [0.29, 0.717) is 11.0 Å². The van der Waals surface area contributed by atoms with Crippen LogP contribution in [0.15, 0.2) is 36.4 Å². The number of imidazole rings is 1. The summed E-state index contributed by atoms with van der Waals surface area (Å²) in [5.41, 5.74) is 0.527. The number of aryl methyl sites for hydroxylation is 1. The Morgan fingerprint density at radius 1 is 1.38 bits per heavy atom. The molecule has 1 aliphatic rings. The largest absolute Gasteiger partial charge is 0.494 e. The van der Waals surface area contributed by atoms with Gasteiger partial charge in [0.1, 0.15) is 12.4 Å². The molecule has 0 atom stereocenters. The van der Waals surface area contributed by atoms with Crippen LogP contribution in [0.5, 0.6) is 5.75 Å². The molecule has 4 rings (SSSR count). The zero-order valence-corrected chi connectivity index (χ0v) is 18.0. The number of hydrogen-bond donors (Lipinski definition) is 2. The van der Waals surface area contributed by atoms with Gasteiger partial charge >= 0.3 is 0 Å². The number of rotatable bonds is 8. The van der Waals surface area contributed by atoms with Crippen molar-refractivity contribution < 1.29 is 37.1 Å². The van der Waals surface area contributed by atoms with Crippen molar-refractivity contribution in [1.29, 1.82) is 0 Å². The highest BCUT2D eigenvalue weighted by Crippen LogP contribution is 2.35. The number of carbonyl (C=O) groups is 2. The first-order chi connectivity index (χ1) is 17.6. The number of nitrogens with zero attached hydrogens (tertiary/aromatic N) is 3. The molecule has 9 nitrogen and oxygen atoms in total. The van der Waals surface area contributed by atoms with E-state index in [4.69, 9.17) is 13.6 Å². The van der Waals surface area contributed by atoms with Crippen molar-refractivity contribution in [1.82, 2.24) is 9.55 Å². The van der Waals surface area contributed by atoms with E-state index in [2.05, 4.69) is 10.3 Å². The number of nitrogens with one attached hydrogen (secondary N) is 1. The van der Waals surface area contributed by atoms with Gasteiger partial charge in [0.15, 0.2) is 0 Å². The van der Waals surface area contributed by atoms with Crippen LogP contribution < -0.4 is 15.0 Å². The molecule has 1 aliphatic heterocycles. The molecular weight excluding hydrogens is 450 g/mol. The topological polar surface area (TPSA) is 106 Å². The molecule has 0 aliphatic carbocycles. The third-order valence-electron chi connectivity index (χ3n) is 5.38. The molecule has 2 heterocycles. The zero-order valence-electron chi connectivity index (χ0n) is 21.0. The van der Waals surface area contributed by atoms with Crippen molar-refractivity contribution >= 4 is 34.5 Å². The van der Waals surface area contributed by atoms with Crippen LogP contribution in [-0.4, -0.2) is 59.9 Å². The molecule has 0 bridgehead atoms. The zero-order chi connectivity index (χ0) is 26.7. The third kappa shape index (κ3) is 4.70. The molecule has 0 radical (unpaired) electrons. The number of halogens is 2. The third-order valence-corrected chi connectivity index (χ3v) is 5.38. The number of alkyl halides is 2. The lowest BCUT2D eigenvalue weighted by Gasteiger charge is -2.28. The van der Waals surface area contributed by atoms with Gasteiger partial charge in [-0.05, 0) is 24.6 Å². The van der Waals surface area contributed by atoms with E-state index in [1.165, 1.54) is 39.8 Å². The molecule has 1 aromatic heterocycles. The van der Waals surface area contributed by atoms with Gasteiger partial charge in [0, 0.05) is 36.9 Å². The van der Waals surface area contributed by atoms with Crippen LogP contribution in [0.25, 0.3) is 11.0 Å². The second kappa shape index (κ2) is 10.1. The van der Waals surface area contributed by atoms with Crippen LogP contribution in [0.2, 0.25) is 0 Å². The van der Waals surface area contributed by atoms with Gasteiger partial charge in [-0.25, -0.2) is 13.8 Å². The fourth-order valence-corrected chi connectivity index (χ4v) is 3.75. The summed E-state index contributed by atoms with van der Waals surface area (Å²) in [6.45, 7) is 0.221. The summed E-state index contributed by atoms with van der Waals surface area (Å²) in [5, 5.41) is 12.0. The average Bonchev–Trinajstić information content (AvgIpc) is 3.17. The number of aliphatic hydroxyl groups is 1. The summed E-state index contributed by atoms with van der Waals surface area (Å²) < 4.78 is 60.8. The lowest BCUT2D eigenvalue weighted by molar-refractivity contribution is -0.125. The molecule has 0 spiro atoms. The van der Waals surface area contributed by atoms with Gasteiger partial charge in [-0.1, -0.05) is 12.1 Å². The minimum absolute atomic E-state index is 0.00964. The van der Waals surface area contributed by atoms with E-state index in [-0.39, 0.29) is 67.8 Å². The number of hydrogen-bond acceptors (Lipinski definition) is 6. The molecule has 1 fully saturated rings. The molecule has 2 amide bonds. The summed E-state index contributed by atoms with van der Waals surface area (Å²) >= 11 is 0. The number of fused-ring (bicyclic) bond motifs is 1.